The van der Waals surface area contributed by atoms with E-state index in [4.69, 9.17) is 0 Å². The Morgan fingerprint density at radius 3 is 2.00 bits per heavy atom. The summed E-state index contributed by atoms with van der Waals surface area (Å²) in [7, 11) is 0. The molecule has 0 unspecified atom stereocenters. The lowest BCUT2D eigenvalue weighted by Crippen LogP contribution is -2.00. The highest BCUT2D eigenvalue weighted by Crippen LogP contribution is 2.13. The largest absolute Gasteiger partial charge is 0.468 e. The van der Waals surface area contributed by atoms with Crippen molar-refractivity contribution in [3.63, 3.8) is 0 Å². The number of ketones is 1. The SMILES string of the molecule is CCOC=O.O=C1CCCCCCC1. The van der Waals surface area contributed by atoms with Crippen molar-refractivity contribution >= 4 is 12.3 Å². The molecule has 0 atom stereocenters. The minimum Gasteiger partial charge on any atom is -0.468 e. The summed E-state index contributed by atoms with van der Waals surface area (Å²) >= 11 is 0. The average molecular weight is 200 g/mol. The number of hydrogen-bond donors (Lipinski definition) is 0. The van der Waals surface area contributed by atoms with Gasteiger partial charge in [-0.25, -0.2) is 0 Å². The van der Waals surface area contributed by atoms with Gasteiger partial charge in [-0.05, 0) is 19.8 Å². The molecular weight excluding hydrogens is 180 g/mol. The first-order chi connectivity index (χ1) is 6.81. The van der Waals surface area contributed by atoms with Gasteiger partial charge in [0.25, 0.3) is 6.47 Å². The lowest BCUT2D eigenvalue weighted by Gasteiger charge is -2.05. The van der Waals surface area contributed by atoms with E-state index in [-0.39, 0.29) is 0 Å². The van der Waals surface area contributed by atoms with Gasteiger partial charge in [-0.15, -0.1) is 0 Å². The maximum atomic E-state index is 10.8. The quantitative estimate of drug-likeness (QED) is 0.643. The molecule has 3 heteroatoms. The molecule has 82 valence electrons. The summed E-state index contributed by atoms with van der Waals surface area (Å²) < 4.78 is 4.15. The van der Waals surface area contributed by atoms with Crippen LogP contribution in [0.5, 0.6) is 0 Å². The van der Waals surface area contributed by atoms with Crippen LogP contribution in [-0.2, 0) is 14.3 Å². The van der Waals surface area contributed by atoms with E-state index in [1.165, 1.54) is 19.3 Å². The van der Waals surface area contributed by atoms with Crippen LogP contribution in [0, 0.1) is 0 Å². The van der Waals surface area contributed by atoms with E-state index in [0.717, 1.165) is 25.7 Å². The highest BCUT2D eigenvalue weighted by molar-refractivity contribution is 5.78. The topological polar surface area (TPSA) is 43.4 Å². The number of carbonyl (C=O) groups is 2. The van der Waals surface area contributed by atoms with Crippen LogP contribution in [0.4, 0.5) is 0 Å². The van der Waals surface area contributed by atoms with Crippen LogP contribution in [0.2, 0.25) is 0 Å². The van der Waals surface area contributed by atoms with E-state index < -0.39 is 0 Å². The molecule has 0 N–H and O–H groups in total. The Kier molecular flexibility index (Phi) is 9.59. The number of hydrogen-bond acceptors (Lipinski definition) is 3. The molecule has 3 nitrogen and oxygen atoms in total. The lowest BCUT2D eigenvalue weighted by atomic mass is 10.0. The van der Waals surface area contributed by atoms with Gasteiger partial charge < -0.3 is 4.74 Å². The minimum absolute atomic E-state index is 0.431. The molecule has 1 aliphatic carbocycles. The first-order valence-corrected chi connectivity index (χ1v) is 5.38. The van der Waals surface area contributed by atoms with E-state index in [2.05, 4.69) is 4.74 Å². The van der Waals surface area contributed by atoms with E-state index in [9.17, 15) is 9.59 Å². The summed E-state index contributed by atoms with van der Waals surface area (Å²) in [6.45, 7) is 2.66. The summed E-state index contributed by atoms with van der Waals surface area (Å²) in [6.07, 6.45) is 7.85. The molecule has 0 radical (unpaired) electrons. The molecule has 14 heavy (non-hydrogen) atoms. The molecule has 0 aromatic rings. The zero-order valence-corrected chi connectivity index (χ0v) is 8.96. The second-order valence-electron chi connectivity index (χ2n) is 3.36. The first-order valence-electron chi connectivity index (χ1n) is 5.38. The molecule has 0 heterocycles. The molecule has 0 aliphatic heterocycles. The summed E-state index contributed by atoms with van der Waals surface area (Å²) in [5.41, 5.74) is 0. The van der Waals surface area contributed by atoms with Crippen LogP contribution in [0.3, 0.4) is 0 Å². The Balaban J connectivity index is 0.000000292. The van der Waals surface area contributed by atoms with Gasteiger partial charge in [-0.1, -0.05) is 19.3 Å². The molecule has 0 aromatic carbocycles. The van der Waals surface area contributed by atoms with Gasteiger partial charge in [-0.2, -0.15) is 0 Å². The van der Waals surface area contributed by atoms with Crippen LogP contribution < -0.4 is 0 Å². The van der Waals surface area contributed by atoms with Crippen molar-refractivity contribution in [2.24, 2.45) is 0 Å². The number of ether oxygens (including phenoxy) is 1. The van der Waals surface area contributed by atoms with E-state index in [1.807, 2.05) is 0 Å². The fourth-order valence-corrected chi connectivity index (χ4v) is 1.37. The fourth-order valence-electron chi connectivity index (χ4n) is 1.37. The molecule has 0 amide bonds. The van der Waals surface area contributed by atoms with Gasteiger partial charge in [0.15, 0.2) is 0 Å². The molecule has 1 aliphatic rings. The van der Waals surface area contributed by atoms with Crippen LogP contribution >= 0.6 is 0 Å². The summed E-state index contributed by atoms with van der Waals surface area (Å²) in [4.78, 5) is 20.0. The van der Waals surface area contributed by atoms with Gasteiger partial charge >= 0.3 is 0 Å². The van der Waals surface area contributed by atoms with Crippen molar-refractivity contribution in [3.05, 3.63) is 0 Å². The monoisotopic (exact) mass is 200 g/mol. The number of Topliss-reactive ketones (excluding diaryl/α,β-unsaturated/α-hetero) is 1. The zero-order chi connectivity index (χ0) is 10.6. The average Bonchev–Trinajstić information content (AvgIpc) is 2.14. The molecule has 0 aromatic heterocycles. The second-order valence-corrected chi connectivity index (χ2v) is 3.36. The first kappa shape index (κ1) is 13.1. The van der Waals surface area contributed by atoms with Crippen molar-refractivity contribution in [1.82, 2.24) is 0 Å². The van der Waals surface area contributed by atoms with Gasteiger partial charge in [0.05, 0.1) is 6.61 Å². The maximum absolute atomic E-state index is 10.8. The van der Waals surface area contributed by atoms with Gasteiger partial charge in [0, 0.05) is 12.8 Å². The predicted molar refractivity (Wildman–Crippen MR) is 55.0 cm³/mol. The minimum atomic E-state index is 0.431. The second kappa shape index (κ2) is 10.2. The van der Waals surface area contributed by atoms with Crippen molar-refractivity contribution < 1.29 is 14.3 Å². The normalized spacial score (nSPS) is 17.1. The molecule has 0 spiro atoms. The number of rotatable bonds is 2. The maximum Gasteiger partial charge on any atom is 0.293 e. The van der Waals surface area contributed by atoms with Crippen molar-refractivity contribution in [1.29, 1.82) is 0 Å². The Bertz CT molecular complexity index is 145. The van der Waals surface area contributed by atoms with E-state index in [0.29, 0.717) is 18.9 Å². The van der Waals surface area contributed by atoms with Gasteiger partial charge in [0.2, 0.25) is 0 Å². The lowest BCUT2D eigenvalue weighted by molar-refractivity contribution is -0.128. The third-order valence-corrected chi connectivity index (χ3v) is 2.15. The zero-order valence-electron chi connectivity index (χ0n) is 8.96. The molecule has 0 saturated heterocycles. The Morgan fingerprint density at radius 2 is 1.64 bits per heavy atom. The summed E-state index contributed by atoms with van der Waals surface area (Å²) in [6, 6.07) is 0. The summed E-state index contributed by atoms with van der Waals surface area (Å²) in [5, 5.41) is 0. The summed E-state index contributed by atoms with van der Waals surface area (Å²) in [5.74, 6) is 0.481. The molecule has 1 rings (SSSR count). The molecule has 1 fully saturated rings. The highest BCUT2D eigenvalue weighted by Gasteiger charge is 2.04. The predicted octanol–water partition coefficient (Wildman–Crippen LogP) is 2.48. The van der Waals surface area contributed by atoms with Crippen molar-refractivity contribution in [2.75, 3.05) is 6.61 Å². The third-order valence-electron chi connectivity index (χ3n) is 2.15. The Labute approximate surface area is 85.8 Å². The van der Waals surface area contributed by atoms with Gasteiger partial charge in [-0.3, -0.25) is 9.59 Å². The highest BCUT2D eigenvalue weighted by atomic mass is 16.5. The van der Waals surface area contributed by atoms with Gasteiger partial charge in [0.1, 0.15) is 5.78 Å². The Morgan fingerprint density at radius 1 is 1.14 bits per heavy atom. The Hall–Kier alpha value is -0.860. The fraction of sp³-hybridized carbons (Fsp3) is 0.818. The standard InChI is InChI=1S/C8H14O.C3H6O2/c9-8-6-4-2-1-3-5-7-8;1-2-5-3-4/h1-7H2;3H,2H2,1H3. The smallest absolute Gasteiger partial charge is 0.293 e. The van der Waals surface area contributed by atoms with Crippen molar-refractivity contribution in [2.45, 2.75) is 51.9 Å². The van der Waals surface area contributed by atoms with E-state index >= 15 is 0 Å². The number of carbonyl (C=O) groups excluding carboxylic acids is 2. The van der Waals surface area contributed by atoms with Crippen LogP contribution in [0.15, 0.2) is 0 Å². The third kappa shape index (κ3) is 9.23. The molecule has 1 saturated carbocycles. The van der Waals surface area contributed by atoms with Crippen LogP contribution in [0.1, 0.15) is 51.9 Å². The van der Waals surface area contributed by atoms with E-state index in [1.54, 1.807) is 6.92 Å². The molecule has 0 bridgehead atoms. The van der Waals surface area contributed by atoms with Crippen molar-refractivity contribution in [3.8, 4) is 0 Å². The van der Waals surface area contributed by atoms with Crippen LogP contribution in [0.25, 0.3) is 0 Å². The molecular formula is C11H20O3. The van der Waals surface area contributed by atoms with Crippen LogP contribution in [-0.4, -0.2) is 18.9 Å².